The van der Waals surface area contributed by atoms with E-state index in [1.807, 2.05) is 19.1 Å². The predicted octanol–water partition coefficient (Wildman–Crippen LogP) is 4.32. The lowest BCUT2D eigenvalue weighted by atomic mass is 9.89. The Morgan fingerprint density at radius 1 is 1.30 bits per heavy atom. The molecule has 0 aromatic heterocycles. The number of alkyl halides is 3. The van der Waals surface area contributed by atoms with E-state index in [4.69, 9.17) is 4.74 Å². The topological polar surface area (TPSA) is 21.3 Å². The van der Waals surface area contributed by atoms with Crippen LogP contribution in [-0.2, 0) is 4.74 Å². The third kappa shape index (κ3) is 4.59. The summed E-state index contributed by atoms with van der Waals surface area (Å²) in [7, 11) is 0. The standard InChI is InChI=1S/C14H18F3NOS/c1-2-19-11-7-10(8-11)18-12-5-3-4-6-13(12)20-9-14(15,16)17/h3-6,10-11,18H,2,7-9H2,1H3. The molecule has 1 aromatic carbocycles. The molecule has 2 rings (SSSR count). The molecular weight excluding hydrogens is 287 g/mol. The van der Waals surface area contributed by atoms with Gasteiger partial charge in [0.15, 0.2) is 0 Å². The van der Waals surface area contributed by atoms with Gasteiger partial charge < -0.3 is 10.1 Å². The molecule has 1 aliphatic rings. The van der Waals surface area contributed by atoms with Crippen molar-refractivity contribution in [2.45, 2.75) is 43.0 Å². The van der Waals surface area contributed by atoms with Crippen LogP contribution in [0.25, 0.3) is 0 Å². The largest absolute Gasteiger partial charge is 0.398 e. The van der Waals surface area contributed by atoms with E-state index in [0.29, 0.717) is 17.5 Å². The summed E-state index contributed by atoms with van der Waals surface area (Å²) in [4.78, 5) is 0.643. The first kappa shape index (κ1) is 15.5. The predicted molar refractivity (Wildman–Crippen MR) is 75.3 cm³/mol. The molecule has 112 valence electrons. The normalized spacial score (nSPS) is 22.4. The van der Waals surface area contributed by atoms with Crippen LogP contribution in [0.2, 0.25) is 0 Å². The van der Waals surface area contributed by atoms with Crippen molar-refractivity contribution >= 4 is 17.4 Å². The van der Waals surface area contributed by atoms with Gasteiger partial charge in [-0.3, -0.25) is 0 Å². The highest BCUT2D eigenvalue weighted by Gasteiger charge is 2.31. The number of halogens is 3. The highest BCUT2D eigenvalue weighted by atomic mass is 32.2. The van der Waals surface area contributed by atoms with Crippen LogP contribution in [0.5, 0.6) is 0 Å². The van der Waals surface area contributed by atoms with Crippen molar-refractivity contribution in [1.82, 2.24) is 0 Å². The van der Waals surface area contributed by atoms with E-state index in [2.05, 4.69) is 5.32 Å². The van der Waals surface area contributed by atoms with Crippen LogP contribution in [0.15, 0.2) is 29.2 Å². The van der Waals surface area contributed by atoms with Gasteiger partial charge in [0.05, 0.1) is 11.9 Å². The molecule has 0 radical (unpaired) electrons. The van der Waals surface area contributed by atoms with Gasteiger partial charge in [-0.1, -0.05) is 12.1 Å². The summed E-state index contributed by atoms with van der Waals surface area (Å²) in [6, 6.07) is 7.43. The molecule has 0 atom stereocenters. The molecule has 0 bridgehead atoms. The molecule has 2 nitrogen and oxygen atoms in total. The van der Waals surface area contributed by atoms with E-state index >= 15 is 0 Å². The minimum absolute atomic E-state index is 0.285. The molecule has 0 spiro atoms. The minimum atomic E-state index is -4.14. The SMILES string of the molecule is CCOC1CC(Nc2ccccc2SCC(F)(F)F)C1. The van der Waals surface area contributed by atoms with Gasteiger partial charge in [0, 0.05) is 23.2 Å². The lowest BCUT2D eigenvalue weighted by molar-refractivity contribution is -0.105. The Labute approximate surface area is 121 Å². The Hall–Kier alpha value is -0.880. The lowest BCUT2D eigenvalue weighted by Crippen LogP contribution is -2.40. The Morgan fingerprint density at radius 3 is 2.65 bits per heavy atom. The zero-order chi connectivity index (χ0) is 14.6. The zero-order valence-electron chi connectivity index (χ0n) is 11.2. The molecule has 0 amide bonds. The van der Waals surface area contributed by atoms with Gasteiger partial charge in [0.25, 0.3) is 0 Å². The fraction of sp³-hybridized carbons (Fsp3) is 0.571. The van der Waals surface area contributed by atoms with E-state index in [-0.39, 0.29) is 6.10 Å². The van der Waals surface area contributed by atoms with Crippen LogP contribution in [-0.4, -0.2) is 30.7 Å². The van der Waals surface area contributed by atoms with Crippen LogP contribution in [0.3, 0.4) is 0 Å². The van der Waals surface area contributed by atoms with Crippen LogP contribution in [0, 0.1) is 0 Å². The number of nitrogens with one attached hydrogen (secondary N) is 1. The molecule has 1 N–H and O–H groups in total. The van der Waals surface area contributed by atoms with Gasteiger partial charge in [-0.15, -0.1) is 11.8 Å². The van der Waals surface area contributed by atoms with Crippen LogP contribution in [0.4, 0.5) is 18.9 Å². The van der Waals surface area contributed by atoms with Crippen LogP contribution < -0.4 is 5.32 Å². The smallest absolute Gasteiger partial charge is 0.381 e. The average Bonchev–Trinajstić information content (AvgIpc) is 2.34. The molecule has 0 heterocycles. The minimum Gasteiger partial charge on any atom is -0.381 e. The first-order chi connectivity index (χ1) is 9.48. The van der Waals surface area contributed by atoms with Crippen LogP contribution in [0.1, 0.15) is 19.8 Å². The number of rotatable bonds is 6. The van der Waals surface area contributed by atoms with E-state index in [0.717, 1.165) is 30.3 Å². The molecule has 1 aromatic rings. The summed E-state index contributed by atoms with van der Waals surface area (Å²) >= 11 is 0.823. The molecule has 6 heteroatoms. The van der Waals surface area contributed by atoms with Gasteiger partial charge in [-0.2, -0.15) is 13.2 Å². The fourth-order valence-electron chi connectivity index (χ4n) is 2.15. The summed E-state index contributed by atoms with van der Waals surface area (Å²) < 4.78 is 42.3. The molecule has 0 aliphatic heterocycles. The fourth-order valence-corrected chi connectivity index (χ4v) is 2.92. The van der Waals surface area contributed by atoms with Gasteiger partial charge in [-0.25, -0.2) is 0 Å². The number of hydrogen-bond acceptors (Lipinski definition) is 3. The third-order valence-electron chi connectivity index (χ3n) is 3.14. The zero-order valence-corrected chi connectivity index (χ0v) is 12.1. The van der Waals surface area contributed by atoms with Gasteiger partial charge in [0.1, 0.15) is 0 Å². The highest BCUT2D eigenvalue weighted by molar-refractivity contribution is 7.99. The molecule has 1 fully saturated rings. The maximum atomic E-state index is 12.3. The average molecular weight is 305 g/mol. The Kier molecular flexibility index (Phi) is 5.21. The first-order valence-electron chi connectivity index (χ1n) is 6.64. The van der Waals surface area contributed by atoms with E-state index in [1.165, 1.54) is 0 Å². The van der Waals surface area contributed by atoms with Crippen LogP contribution >= 0.6 is 11.8 Å². The Balaban J connectivity index is 1.88. The van der Waals surface area contributed by atoms with Crippen molar-refractivity contribution in [3.05, 3.63) is 24.3 Å². The Bertz CT molecular complexity index is 433. The highest BCUT2D eigenvalue weighted by Crippen LogP contribution is 2.34. The molecular formula is C14H18F3NOS. The second-order valence-electron chi connectivity index (χ2n) is 4.79. The van der Waals surface area contributed by atoms with Gasteiger partial charge >= 0.3 is 6.18 Å². The van der Waals surface area contributed by atoms with E-state index < -0.39 is 11.9 Å². The molecule has 0 unspecified atom stereocenters. The van der Waals surface area contributed by atoms with Gasteiger partial charge in [-0.05, 0) is 31.9 Å². The maximum absolute atomic E-state index is 12.3. The number of benzene rings is 1. The quantitative estimate of drug-likeness (QED) is 0.791. The monoisotopic (exact) mass is 305 g/mol. The number of anilines is 1. The lowest BCUT2D eigenvalue weighted by Gasteiger charge is -2.36. The van der Waals surface area contributed by atoms with Crippen molar-refractivity contribution in [2.75, 3.05) is 17.7 Å². The summed E-state index contributed by atoms with van der Waals surface area (Å²) in [5, 5.41) is 3.30. The number of para-hydroxylation sites is 1. The second kappa shape index (κ2) is 6.72. The summed E-state index contributed by atoms with van der Waals surface area (Å²) in [5.41, 5.74) is 0.779. The number of hydrogen-bond donors (Lipinski definition) is 1. The van der Waals surface area contributed by atoms with Crippen molar-refractivity contribution in [2.24, 2.45) is 0 Å². The first-order valence-corrected chi connectivity index (χ1v) is 7.63. The van der Waals surface area contributed by atoms with Crippen molar-refractivity contribution in [1.29, 1.82) is 0 Å². The van der Waals surface area contributed by atoms with Crippen molar-refractivity contribution in [3.8, 4) is 0 Å². The van der Waals surface area contributed by atoms with E-state index in [9.17, 15) is 13.2 Å². The summed E-state index contributed by atoms with van der Waals surface area (Å²) in [6.07, 6.45) is -2.04. The van der Waals surface area contributed by atoms with Crippen molar-refractivity contribution in [3.63, 3.8) is 0 Å². The van der Waals surface area contributed by atoms with Gasteiger partial charge in [0.2, 0.25) is 0 Å². The third-order valence-corrected chi connectivity index (χ3v) is 4.27. The summed E-state index contributed by atoms with van der Waals surface area (Å²) in [6.45, 7) is 2.67. The summed E-state index contributed by atoms with van der Waals surface area (Å²) in [5.74, 6) is -0.863. The molecule has 20 heavy (non-hydrogen) atoms. The molecule has 0 saturated heterocycles. The Morgan fingerprint density at radius 2 is 2.00 bits per heavy atom. The molecule has 1 saturated carbocycles. The number of ether oxygens (including phenoxy) is 1. The van der Waals surface area contributed by atoms with Crippen molar-refractivity contribution < 1.29 is 17.9 Å². The second-order valence-corrected chi connectivity index (χ2v) is 5.81. The maximum Gasteiger partial charge on any atom is 0.398 e. The molecule has 1 aliphatic carbocycles. The van der Waals surface area contributed by atoms with E-state index in [1.54, 1.807) is 12.1 Å². The number of thioether (sulfide) groups is 1.